The van der Waals surface area contributed by atoms with E-state index in [2.05, 4.69) is 21.3 Å². The van der Waals surface area contributed by atoms with Crippen LogP contribution in [0, 0.1) is 5.92 Å². The van der Waals surface area contributed by atoms with Gasteiger partial charge in [0.25, 0.3) is 5.91 Å². The average Bonchev–Trinajstić information content (AvgIpc) is 3.20. The molecular formula is C16H21N3OS. The molecule has 0 unspecified atom stereocenters. The quantitative estimate of drug-likeness (QED) is 0.920. The summed E-state index contributed by atoms with van der Waals surface area (Å²) >= 11 is 1.73. The highest BCUT2D eigenvalue weighted by atomic mass is 32.1. The Labute approximate surface area is 129 Å². The first-order chi connectivity index (χ1) is 10.3. The molecule has 0 spiro atoms. The van der Waals surface area contributed by atoms with Crippen LogP contribution in [-0.4, -0.2) is 42.1 Å². The topological polar surface area (TPSA) is 37.3 Å². The molecule has 5 heteroatoms. The third-order valence-electron chi connectivity index (χ3n) is 4.02. The van der Waals surface area contributed by atoms with E-state index >= 15 is 0 Å². The Morgan fingerprint density at radius 3 is 3.10 bits per heavy atom. The predicted octanol–water partition coefficient (Wildman–Crippen LogP) is 2.28. The second-order valence-electron chi connectivity index (χ2n) is 5.56. The predicted molar refractivity (Wildman–Crippen MR) is 85.8 cm³/mol. The zero-order chi connectivity index (χ0) is 14.7. The van der Waals surface area contributed by atoms with Crippen LogP contribution in [0.4, 0.5) is 0 Å². The van der Waals surface area contributed by atoms with Crippen molar-refractivity contribution in [2.75, 3.05) is 26.7 Å². The number of hydrogen-bond donors (Lipinski definition) is 1. The Kier molecular flexibility index (Phi) is 4.41. The molecule has 0 radical (unpaired) electrons. The maximum Gasteiger partial charge on any atom is 0.270 e. The highest BCUT2D eigenvalue weighted by molar-refractivity contribution is 7.09. The van der Waals surface area contributed by atoms with Gasteiger partial charge >= 0.3 is 0 Å². The number of amides is 1. The van der Waals surface area contributed by atoms with Crippen LogP contribution in [0.2, 0.25) is 0 Å². The third-order valence-corrected chi connectivity index (χ3v) is 4.88. The summed E-state index contributed by atoms with van der Waals surface area (Å²) in [6.45, 7) is 3.50. The largest absolute Gasteiger partial charge is 0.338 e. The molecule has 3 heterocycles. The van der Waals surface area contributed by atoms with Gasteiger partial charge in [0, 0.05) is 24.2 Å². The molecule has 0 aliphatic carbocycles. The number of carbonyl (C=O) groups is 1. The van der Waals surface area contributed by atoms with E-state index in [-0.39, 0.29) is 5.91 Å². The van der Waals surface area contributed by atoms with Gasteiger partial charge in [-0.15, -0.1) is 11.3 Å². The number of aromatic nitrogens is 1. The van der Waals surface area contributed by atoms with E-state index < -0.39 is 0 Å². The fourth-order valence-corrected chi connectivity index (χ4v) is 3.65. The molecule has 1 fully saturated rings. The molecule has 0 aromatic carbocycles. The van der Waals surface area contributed by atoms with Crippen molar-refractivity contribution in [3.8, 4) is 0 Å². The summed E-state index contributed by atoms with van der Waals surface area (Å²) in [6.07, 6.45) is 3.09. The highest BCUT2D eigenvalue weighted by Gasteiger charge is 2.27. The number of likely N-dealkylation sites (tertiary alicyclic amines) is 1. The normalized spacial score (nSPS) is 18.3. The lowest BCUT2D eigenvalue weighted by molar-refractivity contribution is 0.0777. The molecule has 0 saturated carbocycles. The second-order valence-corrected chi connectivity index (χ2v) is 6.60. The molecule has 3 rings (SSSR count). The van der Waals surface area contributed by atoms with Crippen LogP contribution in [0.15, 0.2) is 35.8 Å². The first-order valence-electron chi connectivity index (χ1n) is 7.39. The van der Waals surface area contributed by atoms with Crippen molar-refractivity contribution in [3.63, 3.8) is 0 Å². The smallest absolute Gasteiger partial charge is 0.270 e. The summed E-state index contributed by atoms with van der Waals surface area (Å²) in [5.74, 6) is 0.745. The van der Waals surface area contributed by atoms with Gasteiger partial charge in [0.15, 0.2) is 0 Å². The third kappa shape index (κ3) is 3.19. The maximum atomic E-state index is 12.7. The highest BCUT2D eigenvalue weighted by Crippen LogP contribution is 2.19. The van der Waals surface area contributed by atoms with Gasteiger partial charge in [0.05, 0.1) is 6.54 Å². The van der Waals surface area contributed by atoms with Gasteiger partial charge < -0.3 is 14.8 Å². The Bertz CT molecular complexity index is 590. The molecule has 1 aliphatic heterocycles. The summed E-state index contributed by atoms with van der Waals surface area (Å²) in [5.41, 5.74) is 0.800. The number of nitrogens with one attached hydrogen (secondary N) is 1. The van der Waals surface area contributed by atoms with E-state index in [4.69, 9.17) is 0 Å². The van der Waals surface area contributed by atoms with Gasteiger partial charge in [-0.2, -0.15) is 0 Å². The fraction of sp³-hybridized carbons (Fsp3) is 0.438. The van der Waals surface area contributed by atoms with Crippen molar-refractivity contribution in [2.24, 2.45) is 5.92 Å². The lowest BCUT2D eigenvalue weighted by atomic mass is 10.1. The summed E-state index contributed by atoms with van der Waals surface area (Å²) in [7, 11) is 1.97. The van der Waals surface area contributed by atoms with E-state index in [1.54, 1.807) is 11.3 Å². The first kappa shape index (κ1) is 14.4. The zero-order valence-electron chi connectivity index (χ0n) is 12.3. The van der Waals surface area contributed by atoms with Gasteiger partial charge in [-0.1, -0.05) is 6.07 Å². The van der Waals surface area contributed by atoms with Crippen LogP contribution >= 0.6 is 11.3 Å². The van der Waals surface area contributed by atoms with Crippen molar-refractivity contribution >= 4 is 17.2 Å². The zero-order valence-corrected chi connectivity index (χ0v) is 13.1. The van der Waals surface area contributed by atoms with E-state index in [9.17, 15) is 4.79 Å². The molecule has 4 nitrogen and oxygen atoms in total. The van der Waals surface area contributed by atoms with Crippen molar-refractivity contribution < 1.29 is 4.79 Å². The van der Waals surface area contributed by atoms with Crippen LogP contribution in [-0.2, 0) is 6.54 Å². The lowest BCUT2D eigenvalue weighted by Crippen LogP contribution is -2.31. The summed E-state index contributed by atoms with van der Waals surface area (Å²) in [4.78, 5) is 16.0. The number of nitrogens with zero attached hydrogens (tertiary/aromatic N) is 2. The molecule has 1 atom stereocenters. The molecule has 2 aromatic rings. The van der Waals surface area contributed by atoms with Gasteiger partial charge in [-0.05, 0) is 49.5 Å². The minimum atomic E-state index is 0.162. The van der Waals surface area contributed by atoms with Crippen molar-refractivity contribution in [1.82, 2.24) is 14.8 Å². The molecule has 1 saturated heterocycles. The Balaban J connectivity index is 1.69. The van der Waals surface area contributed by atoms with Crippen molar-refractivity contribution in [3.05, 3.63) is 46.4 Å². The number of carbonyl (C=O) groups excluding carboxylic acids is 1. The van der Waals surface area contributed by atoms with Crippen LogP contribution < -0.4 is 5.32 Å². The van der Waals surface area contributed by atoms with E-state index in [1.807, 2.05) is 36.3 Å². The lowest BCUT2D eigenvalue weighted by Gasteiger charge is -2.18. The number of rotatable bonds is 5. The molecule has 0 bridgehead atoms. The van der Waals surface area contributed by atoms with Crippen molar-refractivity contribution in [2.45, 2.75) is 13.0 Å². The molecule has 1 aliphatic rings. The standard InChI is InChI=1S/C16H21N3OS/c1-17-10-13-6-8-19(11-13)16(20)15-5-2-7-18(15)12-14-4-3-9-21-14/h2-5,7,9,13,17H,6,8,10-12H2,1H3/t13-/m1/s1. The Morgan fingerprint density at radius 1 is 1.43 bits per heavy atom. The fourth-order valence-electron chi connectivity index (χ4n) is 2.95. The van der Waals surface area contributed by atoms with Crippen LogP contribution in [0.5, 0.6) is 0 Å². The van der Waals surface area contributed by atoms with Gasteiger partial charge in [-0.3, -0.25) is 4.79 Å². The van der Waals surface area contributed by atoms with Crippen LogP contribution in [0.25, 0.3) is 0 Å². The molecule has 21 heavy (non-hydrogen) atoms. The summed E-state index contributed by atoms with van der Waals surface area (Å²) in [5, 5.41) is 5.28. The average molecular weight is 303 g/mol. The van der Waals surface area contributed by atoms with Gasteiger partial charge in [-0.25, -0.2) is 0 Å². The van der Waals surface area contributed by atoms with E-state index in [0.717, 1.165) is 38.3 Å². The Hall–Kier alpha value is -1.59. The molecule has 1 N–H and O–H groups in total. The van der Waals surface area contributed by atoms with Crippen LogP contribution in [0.1, 0.15) is 21.8 Å². The summed E-state index contributed by atoms with van der Waals surface area (Å²) < 4.78 is 2.06. The summed E-state index contributed by atoms with van der Waals surface area (Å²) in [6, 6.07) is 8.05. The molecular weight excluding hydrogens is 282 g/mol. The minimum Gasteiger partial charge on any atom is -0.338 e. The SMILES string of the molecule is CNC[C@H]1CCN(C(=O)c2cccn2Cc2cccs2)C1. The molecule has 2 aromatic heterocycles. The van der Waals surface area contributed by atoms with E-state index in [1.165, 1.54) is 4.88 Å². The first-order valence-corrected chi connectivity index (χ1v) is 8.27. The van der Waals surface area contributed by atoms with E-state index in [0.29, 0.717) is 5.92 Å². The maximum absolute atomic E-state index is 12.7. The number of thiophene rings is 1. The molecule has 112 valence electrons. The molecule has 1 amide bonds. The monoisotopic (exact) mass is 303 g/mol. The van der Waals surface area contributed by atoms with Crippen molar-refractivity contribution in [1.29, 1.82) is 0 Å². The number of hydrogen-bond acceptors (Lipinski definition) is 3. The minimum absolute atomic E-state index is 0.162. The Morgan fingerprint density at radius 2 is 2.33 bits per heavy atom. The van der Waals surface area contributed by atoms with Gasteiger partial charge in [0.2, 0.25) is 0 Å². The van der Waals surface area contributed by atoms with Gasteiger partial charge in [0.1, 0.15) is 5.69 Å². The van der Waals surface area contributed by atoms with Crippen LogP contribution in [0.3, 0.4) is 0 Å². The second kappa shape index (κ2) is 6.45.